The molecule has 1 amide bonds. The molecule has 2 aliphatic heterocycles. The van der Waals surface area contributed by atoms with Crippen LogP contribution in [0, 0.1) is 5.92 Å². The summed E-state index contributed by atoms with van der Waals surface area (Å²) < 4.78 is 1.81. The van der Waals surface area contributed by atoms with Crippen molar-refractivity contribution in [1.29, 1.82) is 0 Å². The molecule has 7 heteroatoms. The van der Waals surface area contributed by atoms with Crippen molar-refractivity contribution < 1.29 is 4.79 Å². The van der Waals surface area contributed by atoms with Crippen molar-refractivity contribution in [2.24, 2.45) is 5.92 Å². The molecule has 0 aliphatic carbocycles. The Bertz CT molecular complexity index is 1030. The number of carbonyl (C=O) groups is 1. The van der Waals surface area contributed by atoms with Crippen molar-refractivity contribution in [3.63, 3.8) is 0 Å². The number of aromatic nitrogens is 4. The van der Waals surface area contributed by atoms with Gasteiger partial charge in [0, 0.05) is 37.9 Å². The Balaban J connectivity index is 1.18. The van der Waals surface area contributed by atoms with Crippen molar-refractivity contribution in [3.8, 4) is 0 Å². The number of piperazine rings is 1. The molecule has 2 saturated heterocycles. The lowest BCUT2D eigenvalue weighted by molar-refractivity contribution is -0.132. The first kappa shape index (κ1) is 19.0. The summed E-state index contributed by atoms with van der Waals surface area (Å²) in [5.74, 6) is 1.52. The zero-order chi connectivity index (χ0) is 20.5. The SMILES string of the molecule is CCc1ccc(N2CCN3C(=O)[C@@H](CCCc4cccn5ncnc45)C[C@H]3C2)nc1. The molecule has 2 fully saturated rings. The standard InChI is InChI=1S/C23H28N6O/c1-2-17-8-9-21(24-14-17)27-11-12-28-20(15-27)13-19(23(28)30)6-3-5-18-7-4-10-29-22(18)25-16-26-29/h4,7-10,14,16,19-20H,2-3,5-6,11-13,15H2,1H3/t19-,20-/m0/s1. The Morgan fingerprint density at radius 2 is 2.10 bits per heavy atom. The van der Waals surface area contributed by atoms with Crippen LogP contribution in [0.5, 0.6) is 0 Å². The molecule has 0 spiro atoms. The summed E-state index contributed by atoms with van der Waals surface area (Å²) in [7, 11) is 0. The van der Waals surface area contributed by atoms with Gasteiger partial charge in [0.2, 0.25) is 5.91 Å². The molecule has 156 valence electrons. The van der Waals surface area contributed by atoms with E-state index in [9.17, 15) is 4.79 Å². The number of aryl methyl sites for hydroxylation is 2. The monoisotopic (exact) mass is 404 g/mol. The van der Waals surface area contributed by atoms with E-state index in [-0.39, 0.29) is 5.92 Å². The van der Waals surface area contributed by atoms with Gasteiger partial charge in [-0.15, -0.1) is 0 Å². The maximum Gasteiger partial charge on any atom is 0.226 e. The number of amides is 1. The van der Waals surface area contributed by atoms with Crippen LogP contribution >= 0.6 is 0 Å². The molecule has 0 aromatic carbocycles. The largest absolute Gasteiger partial charge is 0.353 e. The third-order valence-corrected chi connectivity index (χ3v) is 6.60. The fourth-order valence-corrected chi connectivity index (χ4v) is 4.91. The molecule has 3 aromatic heterocycles. The lowest BCUT2D eigenvalue weighted by atomic mass is 9.96. The minimum atomic E-state index is 0.142. The summed E-state index contributed by atoms with van der Waals surface area (Å²) in [6.45, 7) is 4.70. The third kappa shape index (κ3) is 3.53. The number of hydrogen-bond donors (Lipinski definition) is 0. The van der Waals surface area contributed by atoms with Gasteiger partial charge in [-0.25, -0.2) is 14.5 Å². The van der Waals surface area contributed by atoms with Gasteiger partial charge < -0.3 is 9.80 Å². The number of fused-ring (bicyclic) bond motifs is 2. The first-order valence-electron chi connectivity index (χ1n) is 11.0. The first-order chi connectivity index (χ1) is 14.7. The summed E-state index contributed by atoms with van der Waals surface area (Å²) in [6.07, 6.45) is 10.3. The van der Waals surface area contributed by atoms with E-state index in [0.29, 0.717) is 11.9 Å². The van der Waals surface area contributed by atoms with Crippen molar-refractivity contribution >= 4 is 17.4 Å². The molecule has 7 nitrogen and oxygen atoms in total. The highest BCUT2D eigenvalue weighted by atomic mass is 16.2. The number of anilines is 1. The molecule has 3 aromatic rings. The molecule has 0 saturated carbocycles. The van der Waals surface area contributed by atoms with Crippen LogP contribution in [0.2, 0.25) is 0 Å². The molecule has 2 aliphatic rings. The summed E-state index contributed by atoms with van der Waals surface area (Å²) in [6, 6.07) is 8.71. The number of hydrogen-bond acceptors (Lipinski definition) is 5. The van der Waals surface area contributed by atoms with Crippen LogP contribution in [-0.4, -0.2) is 56.1 Å². The van der Waals surface area contributed by atoms with Crippen LogP contribution in [0.25, 0.3) is 5.65 Å². The van der Waals surface area contributed by atoms with E-state index in [1.165, 1.54) is 11.1 Å². The number of rotatable bonds is 6. The normalized spacial score (nSPS) is 21.4. The first-order valence-corrected chi connectivity index (χ1v) is 11.0. The minimum Gasteiger partial charge on any atom is -0.353 e. The maximum atomic E-state index is 12.9. The van der Waals surface area contributed by atoms with Crippen LogP contribution in [0.3, 0.4) is 0 Å². The van der Waals surface area contributed by atoms with E-state index in [0.717, 1.165) is 63.2 Å². The highest BCUT2D eigenvalue weighted by Gasteiger charge is 2.42. The van der Waals surface area contributed by atoms with Gasteiger partial charge in [-0.05, 0) is 55.4 Å². The quantitative estimate of drug-likeness (QED) is 0.632. The molecule has 5 rings (SSSR count). The van der Waals surface area contributed by atoms with Crippen LogP contribution in [0.4, 0.5) is 5.82 Å². The third-order valence-electron chi connectivity index (χ3n) is 6.60. The summed E-state index contributed by atoms with van der Waals surface area (Å²) in [5, 5.41) is 4.20. The smallest absolute Gasteiger partial charge is 0.226 e. The molecule has 0 bridgehead atoms. The maximum absolute atomic E-state index is 12.9. The Hall–Kier alpha value is -2.96. The molecule has 30 heavy (non-hydrogen) atoms. The fourth-order valence-electron chi connectivity index (χ4n) is 4.91. The number of nitrogens with zero attached hydrogens (tertiary/aromatic N) is 6. The zero-order valence-electron chi connectivity index (χ0n) is 17.4. The molecule has 2 atom stereocenters. The number of carbonyl (C=O) groups excluding carboxylic acids is 1. The molecule has 0 radical (unpaired) electrons. The van der Waals surface area contributed by atoms with Gasteiger partial charge in [-0.2, -0.15) is 5.10 Å². The molecule has 0 unspecified atom stereocenters. The second-order valence-corrected chi connectivity index (χ2v) is 8.40. The predicted octanol–water partition coefficient (Wildman–Crippen LogP) is 2.75. The van der Waals surface area contributed by atoms with E-state index < -0.39 is 0 Å². The molecule has 0 N–H and O–H groups in total. The van der Waals surface area contributed by atoms with Crippen LogP contribution in [0.1, 0.15) is 37.3 Å². The summed E-state index contributed by atoms with van der Waals surface area (Å²) in [4.78, 5) is 26.4. The minimum absolute atomic E-state index is 0.142. The van der Waals surface area contributed by atoms with Crippen molar-refractivity contribution in [2.75, 3.05) is 24.5 Å². The van der Waals surface area contributed by atoms with Crippen LogP contribution in [0.15, 0.2) is 43.0 Å². The number of pyridine rings is 2. The van der Waals surface area contributed by atoms with Gasteiger partial charge in [-0.1, -0.05) is 19.1 Å². The highest BCUT2D eigenvalue weighted by molar-refractivity contribution is 5.82. The van der Waals surface area contributed by atoms with Crippen LogP contribution in [-0.2, 0) is 17.6 Å². The highest BCUT2D eigenvalue weighted by Crippen LogP contribution is 2.32. The van der Waals surface area contributed by atoms with E-state index >= 15 is 0 Å². The molecule has 5 heterocycles. The van der Waals surface area contributed by atoms with Gasteiger partial charge in [0.05, 0.1) is 6.04 Å². The topological polar surface area (TPSA) is 66.6 Å². The van der Waals surface area contributed by atoms with Gasteiger partial charge >= 0.3 is 0 Å². The predicted molar refractivity (Wildman–Crippen MR) is 115 cm³/mol. The van der Waals surface area contributed by atoms with E-state index in [2.05, 4.69) is 50.0 Å². The molecular formula is C23H28N6O. The zero-order valence-corrected chi connectivity index (χ0v) is 17.4. The summed E-state index contributed by atoms with van der Waals surface area (Å²) in [5.41, 5.74) is 3.38. The van der Waals surface area contributed by atoms with Gasteiger partial charge in [0.1, 0.15) is 12.1 Å². The lowest BCUT2D eigenvalue weighted by Gasteiger charge is -2.38. The summed E-state index contributed by atoms with van der Waals surface area (Å²) >= 11 is 0. The Labute approximate surface area is 176 Å². The van der Waals surface area contributed by atoms with Gasteiger partial charge in [-0.3, -0.25) is 4.79 Å². The fraction of sp³-hybridized carbons (Fsp3) is 0.478. The van der Waals surface area contributed by atoms with Crippen molar-refractivity contribution in [2.45, 2.75) is 45.1 Å². The van der Waals surface area contributed by atoms with Crippen LogP contribution < -0.4 is 4.90 Å². The average Bonchev–Trinajstić information content (AvgIpc) is 3.39. The van der Waals surface area contributed by atoms with Crippen molar-refractivity contribution in [1.82, 2.24) is 24.5 Å². The Morgan fingerprint density at radius 3 is 2.93 bits per heavy atom. The van der Waals surface area contributed by atoms with Gasteiger partial charge in [0.25, 0.3) is 0 Å². The Morgan fingerprint density at radius 1 is 1.17 bits per heavy atom. The second-order valence-electron chi connectivity index (χ2n) is 8.40. The van der Waals surface area contributed by atoms with Crippen molar-refractivity contribution in [3.05, 3.63) is 54.1 Å². The molecular weight excluding hydrogens is 376 g/mol. The van der Waals surface area contributed by atoms with E-state index in [4.69, 9.17) is 0 Å². The average molecular weight is 405 g/mol. The second kappa shape index (κ2) is 8.05. The van der Waals surface area contributed by atoms with E-state index in [1.807, 2.05) is 23.0 Å². The van der Waals surface area contributed by atoms with Gasteiger partial charge in [0.15, 0.2) is 5.65 Å². The van der Waals surface area contributed by atoms with E-state index in [1.54, 1.807) is 6.33 Å². The Kier molecular flexibility index (Phi) is 5.11. The lowest BCUT2D eigenvalue weighted by Crippen LogP contribution is -2.51.